The number of aromatic nitrogens is 2. The van der Waals surface area contributed by atoms with Gasteiger partial charge < -0.3 is 15.1 Å². The van der Waals surface area contributed by atoms with Gasteiger partial charge in [0.15, 0.2) is 0 Å². The SMILES string of the molecule is CC(=O)N1CCC(Nc2ncc(Cl)c(C3CCN(c4ccccc4)C3)n2)CC1. The number of hydrogen-bond acceptors (Lipinski definition) is 5. The van der Waals surface area contributed by atoms with E-state index < -0.39 is 0 Å². The summed E-state index contributed by atoms with van der Waals surface area (Å²) in [5.74, 6) is 1.09. The molecule has 6 nitrogen and oxygen atoms in total. The number of amides is 1. The van der Waals surface area contributed by atoms with Gasteiger partial charge in [0.05, 0.1) is 16.9 Å². The number of benzene rings is 1. The van der Waals surface area contributed by atoms with Crippen molar-refractivity contribution in [3.63, 3.8) is 0 Å². The summed E-state index contributed by atoms with van der Waals surface area (Å²) in [6.45, 7) is 5.10. The second-order valence-corrected chi connectivity index (χ2v) is 8.03. The van der Waals surface area contributed by atoms with E-state index in [9.17, 15) is 4.79 Å². The Labute approximate surface area is 170 Å². The van der Waals surface area contributed by atoms with Gasteiger partial charge >= 0.3 is 0 Å². The zero-order chi connectivity index (χ0) is 19.5. The summed E-state index contributed by atoms with van der Waals surface area (Å²) < 4.78 is 0. The monoisotopic (exact) mass is 399 g/mol. The lowest BCUT2D eigenvalue weighted by Crippen LogP contribution is -2.41. The van der Waals surface area contributed by atoms with Gasteiger partial charge in [-0.2, -0.15) is 0 Å². The molecule has 0 saturated carbocycles. The minimum absolute atomic E-state index is 0.146. The number of rotatable bonds is 4. The Kier molecular flexibility index (Phi) is 5.67. The normalized spacial score (nSPS) is 20.4. The third kappa shape index (κ3) is 4.22. The Morgan fingerprint density at radius 3 is 2.61 bits per heavy atom. The van der Waals surface area contributed by atoms with Crippen LogP contribution in [0.1, 0.15) is 37.8 Å². The fourth-order valence-electron chi connectivity index (χ4n) is 4.11. The van der Waals surface area contributed by atoms with Crippen molar-refractivity contribution in [3.8, 4) is 0 Å². The van der Waals surface area contributed by atoms with Crippen LogP contribution < -0.4 is 10.2 Å². The molecule has 1 atom stereocenters. The van der Waals surface area contributed by atoms with Gasteiger partial charge in [-0.25, -0.2) is 9.97 Å². The molecule has 2 aliphatic heterocycles. The van der Waals surface area contributed by atoms with Crippen LogP contribution in [0.15, 0.2) is 36.5 Å². The highest BCUT2D eigenvalue weighted by Crippen LogP contribution is 2.33. The van der Waals surface area contributed by atoms with Crippen molar-refractivity contribution in [1.82, 2.24) is 14.9 Å². The van der Waals surface area contributed by atoms with Gasteiger partial charge in [0, 0.05) is 50.7 Å². The molecule has 1 amide bonds. The predicted octanol–water partition coefficient (Wildman–Crippen LogP) is 3.55. The predicted molar refractivity (Wildman–Crippen MR) is 112 cm³/mol. The van der Waals surface area contributed by atoms with E-state index in [1.165, 1.54) is 5.69 Å². The molecule has 7 heteroatoms. The van der Waals surface area contributed by atoms with Crippen LogP contribution in [0.25, 0.3) is 0 Å². The highest BCUT2D eigenvalue weighted by molar-refractivity contribution is 6.31. The summed E-state index contributed by atoms with van der Waals surface area (Å²) in [5, 5.41) is 4.08. The van der Waals surface area contributed by atoms with Crippen LogP contribution in [0, 0.1) is 0 Å². The molecule has 0 bridgehead atoms. The van der Waals surface area contributed by atoms with Crippen LogP contribution in [0.3, 0.4) is 0 Å². The van der Waals surface area contributed by atoms with Crippen molar-refractivity contribution in [2.75, 3.05) is 36.4 Å². The van der Waals surface area contributed by atoms with E-state index in [-0.39, 0.29) is 11.9 Å². The van der Waals surface area contributed by atoms with Gasteiger partial charge in [-0.05, 0) is 31.4 Å². The second kappa shape index (κ2) is 8.35. The average molecular weight is 400 g/mol. The fourth-order valence-corrected chi connectivity index (χ4v) is 4.36. The Bertz CT molecular complexity index is 823. The van der Waals surface area contributed by atoms with Gasteiger partial charge in [0.2, 0.25) is 11.9 Å². The van der Waals surface area contributed by atoms with Crippen molar-refractivity contribution < 1.29 is 4.79 Å². The quantitative estimate of drug-likeness (QED) is 0.851. The Balaban J connectivity index is 1.41. The highest BCUT2D eigenvalue weighted by Gasteiger charge is 2.28. The summed E-state index contributed by atoms with van der Waals surface area (Å²) in [6, 6.07) is 10.7. The lowest BCUT2D eigenvalue weighted by atomic mass is 10.0. The Hall–Kier alpha value is -2.34. The summed E-state index contributed by atoms with van der Waals surface area (Å²) in [5.41, 5.74) is 2.17. The van der Waals surface area contributed by atoms with Gasteiger partial charge in [-0.3, -0.25) is 4.79 Å². The van der Waals surface area contributed by atoms with Gasteiger partial charge in [-0.1, -0.05) is 29.8 Å². The molecule has 1 aromatic carbocycles. The number of nitrogens with zero attached hydrogens (tertiary/aromatic N) is 4. The van der Waals surface area contributed by atoms with Crippen LogP contribution in [-0.2, 0) is 4.79 Å². The smallest absolute Gasteiger partial charge is 0.223 e. The summed E-state index contributed by atoms with van der Waals surface area (Å²) >= 11 is 6.45. The molecule has 28 heavy (non-hydrogen) atoms. The van der Waals surface area contributed by atoms with Crippen molar-refractivity contribution in [2.45, 2.75) is 38.1 Å². The molecule has 2 saturated heterocycles. The number of carbonyl (C=O) groups excluding carboxylic acids is 1. The molecule has 1 aromatic heterocycles. The van der Waals surface area contributed by atoms with Crippen LogP contribution in [0.5, 0.6) is 0 Å². The molecule has 1 N–H and O–H groups in total. The summed E-state index contributed by atoms with van der Waals surface area (Å²) in [7, 11) is 0. The second-order valence-electron chi connectivity index (χ2n) is 7.62. The van der Waals surface area contributed by atoms with Crippen molar-refractivity contribution in [1.29, 1.82) is 0 Å². The van der Waals surface area contributed by atoms with Crippen LogP contribution in [-0.4, -0.2) is 53.0 Å². The van der Waals surface area contributed by atoms with E-state index in [4.69, 9.17) is 16.6 Å². The molecule has 0 radical (unpaired) electrons. The fraction of sp³-hybridized carbons (Fsp3) is 0.476. The molecule has 1 unspecified atom stereocenters. The number of likely N-dealkylation sites (tertiary alicyclic amines) is 1. The number of nitrogens with one attached hydrogen (secondary N) is 1. The first-order valence-electron chi connectivity index (χ1n) is 9.94. The maximum absolute atomic E-state index is 11.5. The lowest BCUT2D eigenvalue weighted by Gasteiger charge is -2.31. The molecular weight excluding hydrogens is 374 g/mol. The molecule has 4 rings (SSSR count). The molecule has 3 heterocycles. The Morgan fingerprint density at radius 2 is 1.89 bits per heavy atom. The molecule has 0 aliphatic carbocycles. The third-order valence-electron chi connectivity index (χ3n) is 5.74. The number of hydrogen-bond donors (Lipinski definition) is 1. The topological polar surface area (TPSA) is 61.4 Å². The van der Waals surface area contributed by atoms with E-state index in [0.717, 1.165) is 51.1 Å². The minimum atomic E-state index is 0.146. The zero-order valence-electron chi connectivity index (χ0n) is 16.1. The van der Waals surface area contributed by atoms with Crippen molar-refractivity contribution in [3.05, 3.63) is 47.2 Å². The van der Waals surface area contributed by atoms with E-state index in [1.54, 1.807) is 13.1 Å². The van der Waals surface area contributed by atoms with Gasteiger partial charge in [-0.15, -0.1) is 0 Å². The molecule has 148 valence electrons. The lowest BCUT2D eigenvalue weighted by molar-refractivity contribution is -0.129. The molecule has 2 aliphatic rings. The highest BCUT2D eigenvalue weighted by atomic mass is 35.5. The maximum atomic E-state index is 11.5. The molecule has 0 spiro atoms. The van der Waals surface area contributed by atoms with E-state index in [1.807, 2.05) is 11.0 Å². The first-order valence-corrected chi connectivity index (χ1v) is 10.3. The average Bonchev–Trinajstić information content (AvgIpc) is 3.20. The minimum Gasteiger partial charge on any atom is -0.371 e. The van der Waals surface area contributed by atoms with E-state index in [0.29, 0.717) is 16.9 Å². The van der Waals surface area contributed by atoms with E-state index >= 15 is 0 Å². The van der Waals surface area contributed by atoms with Crippen molar-refractivity contribution >= 4 is 29.1 Å². The number of halogens is 1. The maximum Gasteiger partial charge on any atom is 0.223 e. The van der Waals surface area contributed by atoms with Gasteiger partial charge in [0.1, 0.15) is 0 Å². The zero-order valence-corrected chi connectivity index (χ0v) is 16.9. The number of piperidine rings is 1. The largest absolute Gasteiger partial charge is 0.371 e. The summed E-state index contributed by atoms with van der Waals surface area (Å²) in [4.78, 5) is 24.9. The van der Waals surface area contributed by atoms with E-state index in [2.05, 4.69) is 39.5 Å². The van der Waals surface area contributed by atoms with Crippen LogP contribution >= 0.6 is 11.6 Å². The van der Waals surface area contributed by atoms with Crippen LogP contribution in [0.4, 0.5) is 11.6 Å². The number of carbonyl (C=O) groups is 1. The first-order chi connectivity index (χ1) is 13.6. The van der Waals surface area contributed by atoms with Crippen molar-refractivity contribution in [2.24, 2.45) is 0 Å². The summed E-state index contributed by atoms with van der Waals surface area (Å²) in [6.07, 6.45) is 4.56. The van der Waals surface area contributed by atoms with Crippen LogP contribution in [0.2, 0.25) is 5.02 Å². The van der Waals surface area contributed by atoms with Gasteiger partial charge in [0.25, 0.3) is 0 Å². The molecular formula is C21H26ClN5O. The Morgan fingerprint density at radius 1 is 1.14 bits per heavy atom. The first kappa shape index (κ1) is 19.0. The number of anilines is 2. The standard InChI is InChI=1S/C21H26ClN5O/c1-15(28)26-11-8-17(9-12-26)24-21-23-13-19(22)20(25-21)16-7-10-27(14-16)18-5-3-2-4-6-18/h2-6,13,16-17H,7-12,14H2,1H3,(H,23,24,25). The molecule has 2 aromatic rings. The molecule has 2 fully saturated rings. The number of para-hydroxylation sites is 1. The third-order valence-corrected chi connectivity index (χ3v) is 6.03.